The van der Waals surface area contributed by atoms with Crippen LogP contribution in [0.2, 0.25) is 0 Å². The summed E-state index contributed by atoms with van der Waals surface area (Å²) >= 11 is 0. The van der Waals surface area contributed by atoms with Gasteiger partial charge in [-0.15, -0.1) is 0 Å². The summed E-state index contributed by atoms with van der Waals surface area (Å²) in [4.78, 5) is 0. The van der Waals surface area contributed by atoms with Crippen LogP contribution in [0.25, 0.3) is 0 Å². The third-order valence-electron chi connectivity index (χ3n) is 1.10. The van der Waals surface area contributed by atoms with E-state index in [1.54, 1.807) is 0 Å². The average Bonchev–Trinajstić information content (AvgIpc) is 1.55. The van der Waals surface area contributed by atoms with Crippen LogP contribution in [0.15, 0.2) is 11.8 Å². The Kier molecular flexibility index (Phi) is 1.53. The van der Waals surface area contributed by atoms with E-state index in [-0.39, 0.29) is 6.23 Å². The predicted octanol–water partition coefficient (Wildman–Crippen LogP) is 0.985. The predicted molar refractivity (Wildman–Crippen MR) is 32.1 cm³/mol. The minimum Gasteiger partial charge on any atom is -0.481 e. The first-order chi connectivity index (χ1) is 3.79. The molecule has 1 aliphatic rings. The topological polar surface area (TPSA) is 35.2 Å². The minimum atomic E-state index is -0.137. The van der Waals surface area contributed by atoms with Crippen LogP contribution in [-0.2, 0) is 4.74 Å². The van der Waals surface area contributed by atoms with Gasteiger partial charge in [0.15, 0.2) is 0 Å². The van der Waals surface area contributed by atoms with Crippen LogP contribution in [0.1, 0.15) is 19.8 Å². The molecule has 0 aromatic rings. The van der Waals surface area contributed by atoms with Crippen molar-refractivity contribution in [2.45, 2.75) is 26.0 Å². The first-order valence-corrected chi connectivity index (χ1v) is 2.90. The Morgan fingerprint density at radius 2 is 2.50 bits per heavy atom. The molecule has 0 radical (unpaired) electrons. The zero-order valence-electron chi connectivity index (χ0n) is 5.05. The van der Waals surface area contributed by atoms with Gasteiger partial charge in [-0.1, -0.05) is 0 Å². The molecule has 1 unspecified atom stereocenters. The quantitative estimate of drug-likeness (QED) is 0.542. The summed E-state index contributed by atoms with van der Waals surface area (Å²) in [6.45, 7) is 1.83. The van der Waals surface area contributed by atoms with Gasteiger partial charge >= 0.3 is 0 Å². The Balaban J connectivity index is 2.19. The van der Waals surface area contributed by atoms with Gasteiger partial charge in [-0.25, -0.2) is 0 Å². The molecule has 2 heteroatoms. The van der Waals surface area contributed by atoms with E-state index in [1.165, 1.54) is 0 Å². The number of rotatable bonds is 2. The van der Waals surface area contributed by atoms with Crippen LogP contribution < -0.4 is 5.73 Å². The highest BCUT2D eigenvalue weighted by atomic mass is 16.5. The molecule has 8 heavy (non-hydrogen) atoms. The van der Waals surface area contributed by atoms with E-state index in [0.717, 1.165) is 18.6 Å². The van der Waals surface area contributed by atoms with Crippen LogP contribution in [0.3, 0.4) is 0 Å². The second kappa shape index (κ2) is 2.18. The van der Waals surface area contributed by atoms with Crippen LogP contribution in [0.4, 0.5) is 0 Å². The number of hydrogen-bond acceptors (Lipinski definition) is 2. The van der Waals surface area contributed by atoms with Gasteiger partial charge in [0.1, 0.15) is 6.23 Å². The average molecular weight is 113 g/mol. The van der Waals surface area contributed by atoms with E-state index in [0.29, 0.717) is 0 Å². The van der Waals surface area contributed by atoms with Gasteiger partial charge in [0, 0.05) is 6.42 Å². The van der Waals surface area contributed by atoms with Crippen molar-refractivity contribution in [1.82, 2.24) is 0 Å². The molecule has 0 bridgehead atoms. The van der Waals surface area contributed by atoms with Crippen molar-refractivity contribution in [3.8, 4) is 0 Å². The van der Waals surface area contributed by atoms with Crippen molar-refractivity contribution < 1.29 is 4.74 Å². The molecule has 0 aromatic heterocycles. The van der Waals surface area contributed by atoms with E-state index in [2.05, 4.69) is 6.08 Å². The van der Waals surface area contributed by atoms with Gasteiger partial charge in [-0.05, 0) is 19.4 Å². The molecule has 0 heterocycles. The van der Waals surface area contributed by atoms with Crippen molar-refractivity contribution in [2.24, 2.45) is 5.73 Å². The molecule has 0 spiro atoms. The molecular formula is C6H11NO. The molecule has 0 fully saturated rings. The molecule has 46 valence electrons. The van der Waals surface area contributed by atoms with Gasteiger partial charge in [0.25, 0.3) is 0 Å². The monoisotopic (exact) mass is 113 g/mol. The highest BCUT2D eigenvalue weighted by Crippen LogP contribution is 2.18. The molecule has 1 rings (SSSR count). The Hall–Kier alpha value is -0.500. The molecule has 0 aliphatic heterocycles. The summed E-state index contributed by atoms with van der Waals surface area (Å²) in [5, 5.41) is 0. The molecule has 0 saturated carbocycles. The van der Waals surface area contributed by atoms with Gasteiger partial charge in [-0.3, -0.25) is 5.73 Å². The highest BCUT2D eigenvalue weighted by Gasteiger charge is 2.07. The van der Waals surface area contributed by atoms with E-state index >= 15 is 0 Å². The summed E-state index contributed by atoms with van der Waals surface area (Å²) in [6, 6.07) is 0. The van der Waals surface area contributed by atoms with E-state index in [1.807, 2.05) is 6.92 Å². The minimum absolute atomic E-state index is 0.137. The largest absolute Gasteiger partial charge is 0.481 e. The van der Waals surface area contributed by atoms with Gasteiger partial charge < -0.3 is 4.74 Å². The van der Waals surface area contributed by atoms with Gasteiger partial charge in [-0.2, -0.15) is 0 Å². The maximum absolute atomic E-state index is 5.34. The zero-order chi connectivity index (χ0) is 5.98. The van der Waals surface area contributed by atoms with Crippen molar-refractivity contribution in [3.63, 3.8) is 0 Å². The van der Waals surface area contributed by atoms with E-state index in [9.17, 15) is 0 Å². The fourth-order valence-electron chi connectivity index (χ4n) is 0.608. The fraction of sp³-hybridized carbons (Fsp3) is 0.667. The number of ether oxygens (including phenoxy) is 1. The van der Waals surface area contributed by atoms with Gasteiger partial charge in [0.05, 0.1) is 5.76 Å². The second-order valence-electron chi connectivity index (χ2n) is 2.03. The van der Waals surface area contributed by atoms with Crippen LogP contribution in [0, 0.1) is 0 Å². The van der Waals surface area contributed by atoms with Crippen LogP contribution >= 0.6 is 0 Å². The smallest absolute Gasteiger partial charge is 0.144 e. The van der Waals surface area contributed by atoms with E-state index < -0.39 is 0 Å². The summed E-state index contributed by atoms with van der Waals surface area (Å²) in [5.74, 6) is 1.06. The van der Waals surface area contributed by atoms with Crippen LogP contribution in [0.5, 0.6) is 0 Å². The molecule has 0 saturated heterocycles. The lowest BCUT2D eigenvalue weighted by Crippen LogP contribution is -2.20. The van der Waals surface area contributed by atoms with E-state index in [4.69, 9.17) is 10.5 Å². The number of nitrogens with two attached hydrogens (primary N) is 1. The fourth-order valence-corrected chi connectivity index (χ4v) is 0.608. The van der Waals surface area contributed by atoms with Crippen molar-refractivity contribution >= 4 is 0 Å². The zero-order valence-corrected chi connectivity index (χ0v) is 5.05. The van der Waals surface area contributed by atoms with Crippen LogP contribution in [-0.4, -0.2) is 6.23 Å². The molecule has 2 nitrogen and oxygen atoms in total. The molecule has 0 amide bonds. The summed E-state index contributed by atoms with van der Waals surface area (Å²) in [6.07, 6.45) is 4.15. The summed E-state index contributed by atoms with van der Waals surface area (Å²) in [7, 11) is 0. The first kappa shape index (κ1) is 5.63. The molecule has 1 aliphatic carbocycles. The molecule has 2 N–H and O–H groups in total. The first-order valence-electron chi connectivity index (χ1n) is 2.90. The van der Waals surface area contributed by atoms with Crippen molar-refractivity contribution in [3.05, 3.63) is 11.8 Å². The van der Waals surface area contributed by atoms with Gasteiger partial charge in [0.2, 0.25) is 0 Å². The third kappa shape index (κ3) is 1.23. The lowest BCUT2D eigenvalue weighted by Gasteiger charge is -2.17. The Morgan fingerprint density at radius 1 is 1.88 bits per heavy atom. The maximum atomic E-state index is 5.34. The maximum Gasteiger partial charge on any atom is 0.144 e. The number of hydrogen-bond donors (Lipinski definition) is 1. The lowest BCUT2D eigenvalue weighted by molar-refractivity contribution is 0.120. The number of allylic oxidation sites excluding steroid dienone is 2. The van der Waals surface area contributed by atoms with Crippen molar-refractivity contribution in [1.29, 1.82) is 0 Å². The summed E-state index contributed by atoms with van der Waals surface area (Å²) < 4.78 is 5.12. The third-order valence-corrected chi connectivity index (χ3v) is 1.10. The SMILES string of the molecule is CC(N)OC1=CCC1. The standard InChI is InChI=1S/C6H11NO/c1-5(7)8-6-3-2-4-6/h3,5H,2,4,7H2,1H3. The Morgan fingerprint density at radius 3 is 2.62 bits per heavy atom. The molecule has 0 aromatic carbocycles. The Labute approximate surface area is 49.3 Å². The lowest BCUT2D eigenvalue weighted by atomic mass is 10.1. The second-order valence-corrected chi connectivity index (χ2v) is 2.03. The normalized spacial score (nSPS) is 21.0. The highest BCUT2D eigenvalue weighted by molar-refractivity contribution is 5.04. The van der Waals surface area contributed by atoms with Crippen molar-refractivity contribution in [2.75, 3.05) is 0 Å². The Bertz CT molecular complexity index is 107. The molecular weight excluding hydrogens is 102 g/mol. The summed E-state index contributed by atoms with van der Waals surface area (Å²) in [5.41, 5.74) is 5.34. The molecule has 1 atom stereocenters.